The number of fused-ring (bicyclic) bond motifs is 5. The Kier molecular flexibility index (Phi) is 4.49. The van der Waals surface area contributed by atoms with E-state index in [2.05, 4.69) is 10.1 Å². The number of nitrogens with zero attached hydrogens (tertiary/aromatic N) is 4. The van der Waals surface area contributed by atoms with Crippen LogP contribution in [0.2, 0.25) is 0 Å². The van der Waals surface area contributed by atoms with Crippen molar-refractivity contribution in [2.45, 2.75) is 26.5 Å². The van der Waals surface area contributed by atoms with E-state index in [1.54, 1.807) is 29.7 Å². The van der Waals surface area contributed by atoms with Crippen LogP contribution >= 0.6 is 0 Å². The topological polar surface area (TPSA) is 86.3 Å². The third-order valence-corrected chi connectivity index (χ3v) is 5.23. The smallest absolute Gasteiger partial charge is 0.254 e. The van der Waals surface area contributed by atoms with Gasteiger partial charge in [0.05, 0.1) is 17.9 Å². The minimum Gasteiger partial charge on any atom is -0.482 e. The maximum Gasteiger partial charge on any atom is 0.254 e. The minimum atomic E-state index is -0.605. The van der Waals surface area contributed by atoms with Gasteiger partial charge in [0, 0.05) is 42.5 Å². The van der Waals surface area contributed by atoms with Gasteiger partial charge in [0.15, 0.2) is 11.6 Å². The van der Waals surface area contributed by atoms with E-state index < -0.39 is 11.9 Å². The molecule has 1 amide bonds. The summed E-state index contributed by atoms with van der Waals surface area (Å²) in [5.41, 5.74) is 10.2. The van der Waals surface area contributed by atoms with E-state index in [1.165, 1.54) is 18.2 Å². The van der Waals surface area contributed by atoms with E-state index in [9.17, 15) is 9.18 Å². The summed E-state index contributed by atoms with van der Waals surface area (Å²) in [5.74, 6) is -0.0651. The van der Waals surface area contributed by atoms with Crippen molar-refractivity contribution in [2.24, 2.45) is 7.05 Å². The van der Waals surface area contributed by atoms with Gasteiger partial charge in [-0.15, -0.1) is 0 Å². The van der Waals surface area contributed by atoms with Crippen LogP contribution in [-0.4, -0.2) is 32.6 Å². The largest absolute Gasteiger partial charge is 0.482 e. The van der Waals surface area contributed by atoms with E-state index in [-0.39, 0.29) is 11.7 Å². The van der Waals surface area contributed by atoms with Crippen LogP contribution in [0.4, 0.5) is 10.2 Å². The summed E-state index contributed by atoms with van der Waals surface area (Å²) < 4.78 is 21.8. The number of nitrogen functional groups attached to an aromatic ring is 1. The fraction of sp³-hybridized carbons (Fsp3) is 0.286. The van der Waals surface area contributed by atoms with Gasteiger partial charge in [-0.1, -0.05) is 0 Å². The average Bonchev–Trinajstić information content (AvgIpc) is 2.95. The molecular formula is C21H22FN5O2. The normalized spacial score (nSPS) is 16.4. The SMILES string of the molecule is Cc1nn(C)c2c1-c1cnc(N)c(c1)O[C@H](C)c1cc(F)ccc1C(=O)N(C)C2. The van der Waals surface area contributed by atoms with Gasteiger partial charge in [0.25, 0.3) is 5.91 Å². The van der Waals surface area contributed by atoms with Crippen LogP contribution in [0.5, 0.6) is 5.75 Å². The average molecular weight is 395 g/mol. The number of pyridine rings is 1. The molecule has 2 bridgehead atoms. The molecule has 0 unspecified atom stereocenters. The molecule has 1 aromatic carbocycles. The lowest BCUT2D eigenvalue weighted by Gasteiger charge is -2.24. The lowest BCUT2D eigenvalue weighted by molar-refractivity contribution is 0.0777. The molecule has 0 saturated carbocycles. The molecule has 0 spiro atoms. The van der Waals surface area contributed by atoms with Crippen molar-refractivity contribution in [2.75, 3.05) is 12.8 Å². The van der Waals surface area contributed by atoms with Crippen LogP contribution in [0.3, 0.4) is 0 Å². The number of halogens is 1. The molecule has 7 nitrogen and oxygen atoms in total. The molecule has 3 heterocycles. The highest BCUT2D eigenvalue weighted by atomic mass is 19.1. The van der Waals surface area contributed by atoms with Gasteiger partial charge in [-0.05, 0) is 38.1 Å². The van der Waals surface area contributed by atoms with Gasteiger partial charge >= 0.3 is 0 Å². The zero-order chi connectivity index (χ0) is 20.9. The highest BCUT2D eigenvalue weighted by Crippen LogP contribution is 2.35. The van der Waals surface area contributed by atoms with Crippen LogP contribution in [0.15, 0.2) is 30.5 Å². The number of nitrogens with two attached hydrogens (primary N) is 1. The van der Waals surface area contributed by atoms with E-state index in [1.807, 2.05) is 20.0 Å². The summed E-state index contributed by atoms with van der Waals surface area (Å²) in [4.78, 5) is 19.1. The number of amides is 1. The predicted octanol–water partition coefficient (Wildman–Crippen LogP) is 3.24. The molecule has 150 valence electrons. The van der Waals surface area contributed by atoms with Gasteiger partial charge in [0.1, 0.15) is 11.9 Å². The number of aromatic nitrogens is 3. The predicted molar refractivity (Wildman–Crippen MR) is 107 cm³/mol. The highest BCUT2D eigenvalue weighted by molar-refractivity contribution is 5.95. The number of hydrogen-bond acceptors (Lipinski definition) is 5. The second-order valence-electron chi connectivity index (χ2n) is 7.29. The van der Waals surface area contributed by atoms with Crippen LogP contribution in [0.25, 0.3) is 11.1 Å². The molecule has 1 aliphatic rings. The molecule has 0 fully saturated rings. The molecular weight excluding hydrogens is 373 g/mol. The van der Waals surface area contributed by atoms with Crippen LogP contribution in [-0.2, 0) is 13.6 Å². The van der Waals surface area contributed by atoms with Crippen LogP contribution < -0.4 is 10.5 Å². The van der Waals surface area contributed by atoms with E-state index >= 15 is 0 Å². The maximum atomic E-state index is 14.0. The van der Waals surface area contributed by atoms with Crippen molar-refractivity contribution in [1.82, 2.24) is 19.7 Å². The first-order valence-electron chi connectivity index (χ1n) is 9.26. The number of hydrogen-bond donors (Lipinski definition) is 1. The van der Waals surface area contributed by atoms with Crippen LogP contribution in [0.1, 0.15) is 40.3 Å². The number of anilines is 1. The first-order chi connectivity index (χ1) is 13.8. The Bertz CT molecular complexity index is 1120. The third kappa shape index (κ3) is 3.20. The zero-order valence-electron chi connectivity index (χ0n) is 16.7. The minimum absolute atomic E-state index is 0.224. The molecule has 2 N–H and O–H groups in total. The standard InChI is InChI=1S/C21H22FN5O2/c1-11-19-13-7-18(20(23)24-9-13)29-12(2)16-8-14(22)5-6-15(16)21(28)26(3)10-17(19)27(4)25-11/h5-9,12H,10H2,1-4H3,(H2,23,24)/t12-/m1/s1. The first kappa shape index (κ1) is 18.9. The maximum absolute atomic E-state index is 14.0. The molecule has 1 aliphatic heterocycles. The van der Waals surface area contributed by atoms with Gasteiger partial charge in [-0.25, -0.2) is 9.37 Å². The van der Waals surface area contributed by atoms with Crippen molar-refractivity contribution >= 4 is 11.7 Å². The number of benzene rings is 1. The molecule has 0 aliphatic carbocycles. The Morgan fingerprint density at radius 2 is 2.03 bits per heavy atom. The van der Waals surface area contributed by atoms with Crippen molar-refractivity contribution in [3.63, 3.8) is 0 Å². The lowest BCUT2D eigenvalue weighted by Crippen LogP contribution is -2.29. The summed E-state index contributed by atoms with van der Waals surface area (Å²) >= 11 is 0. The Hall–Kier alpha value is -3.42. The summed E-state index contributed by atoms with van der Waals surface area (Å²) in [6, 6.07) is 5.90. The fourth-order valence-electron chi connectivity index (χ4n) is 3.77. The van der Waals surface area contributed by atoms with Gasteiger partial charge in [-0.3, -0.25) is 9.48 Å². The quantitative estimate of drug-likeness (QED) is 0.632. The summed E-state index contributed by atoms with van der Waals surface area (Å²) in [5, 5.41) is 4.52. The van der Waals surface area contributed by atoms with Gasteiger partial charge in [-0.2, -0.15) is 5.10 Å². The summed E-state index contributed by atoms with van der Waals surface area (Å²) in [6.45, 7) is 3.99. The Morgan fingerprint density at radius 3 is 2.79 bits per heavy atom. The van der Waals surface area contributed by atoms with Gasteiger partial charge < -0.3 is 15.4 Å². The van der Waals surface area contributed by atoms with Crippen molar-refractivity contribution < 1.29 is 13.9 Å². The van der Waals surface area contributed by atoms with Crippen LogP contribution in [0, 0.1) is 12.7 Å². The molecule has 3 aromatic rings. The van der Waals surface area contributed by atoms with Crippen molar-refractivity contribution in [3.8, 4) is 16.9 Å². The molecule has 8 heteroatoms. The van der Waals surface area contributed by atoms with E-state index in [0.717, 1.165) is 22.5 Å². The number of aryl methyl sites for hydroxylation is 2. The third-order valence-electron chi connectivity index (χ3n) is 5.23. The second kappa shape index (κ2) is 6.88. The Morgan fingerprint density at radius 1 is 1.28 bits per heavy atom. The highest BCUT2D eigenvalue weighted by Gasteiger charge is 2.26. The summed E-state index contributed by atoms with van der Waals surface area (Å²) in [6.07, 6.45) is 1.06. The number of carbonyl (C=O) groups excluding carboxylic acids is 1. The van der Waals surface area contributed by atoms with Crippen molar-refractivity contribution in [3.05, 3.63) is 58.8 Å². The summed E-state index contributed by atoms with van der Waals surface area (Å²) in [7, 11) is 3.55. The number of rotatable bonds is 0. The molecule has 0 saturated heterocycles. The van der Waals surface area contributed by atoms with E-state index in [4.69, 9.17) is 10.5 Å². The zero-order valence-corrected chi connectivity index (χ0v) is 16.7. The second-order valence-corrected chi connectivity index (χ2v) is 7.29. The van der Waals surface area contributed by atoms with Crippen molar-refractivity contribution in [1.29, 1.82) is 0 Å². The fourth-order valence-corrected chi connectivity index (χ4v) is 3.77. The first-order valence-corrected chi connectivity index (χ1v) is 9.26. The monoisotopic (exact) mass is 395 g/mol. The van der Waals surface area contributed by atoms with E-state index in [0.29, 0.717) is 23.4 Å². The molecule has 2 aromatic heterocycles. The Balaban J connectivity index is 1.97. The van der Waals surface area contributed by atoms with Gasteiger partial charge in [0.2, 0.25) is 0 Å². The number of carbonyl (C=O) groups is 1. The molecule has 0 radical (unpaired) electrons. The molecule has 29 heavy (non-hydrogen) atoms. The Labute approximate surface area is 167 Å². The number of ether oxygens (including phenoxy) is 1. The molecule has 1 atom stereocenters. The molecule has 4 rings (SSSR count). The lowest BCUT2D eigenvalue weighted by atomic mass is 10.00.